The summed E-state index contributed by atoms with van der Waals surface area (Å²) in [5.41, 5.74) is 4.27. The number of fused-ring (bicyclic) bond motifs is 1. The number of hydrogen-bond acceptors (Lipinski definition) is 7. The van der Waals surface area contributed by atoms with Crippen LogP contribution in [0.25, 0.3) is 22.2 Å². The summed E-state index contributed by atoms with van der Waals surface area (Å²) in [6.45, 7) is 3.53. The number of carbonyl (C=O) groups is 1. The molecule has 0 aliphatic carbocycles. The maximum absolute atomic E-state index is 12.2. The zero-order valence-corrected chi connectivity index (χ0v) is 18.1. The molecule has 8 heteroatoms. The van der Waals surface area contributed by atoms with Crippen LogP contribution in [0.1, 0.15) is 22.8 Å². The van der Waals surface area contributed by atoms with Crippen LogP contribution in [0, 0.1) is 0 Å². The molecule has 0 bridgehead atoms. The number of aromatic nitrogens is 4. The van der Waals surface area contributed by atoms with E-state index >= 15 is 0 Å². The third kappa shape index (κ3) is 4.64. The van der Waals surface area contributed by atoms with Crippen LogP contribution in [-0.2, 0) is 6.42 Å². The standard InChI is InChI=1S/C24H25N7O/c1-3-26-21-8-7-17(14-29-21)20-13-22(31-15-30-20)27-11-9-16-5-4-6-18-19(24(32)25-2)10-12-28-23(16)18/h4-8,10,12-15H,3,9,11H2,1-2H3,(H,25,32)(H,26,29)(H,27,30,31). The molecule has 0 aliphatic heterocycles. The van der Waals surface area contributed by atoms with Gasteiger partial charge in [0.05, 0.1) is 16.8 Å². The van der Waals surface area contributed by atoms with Crippen LogP contribution >= 0.6 is 0 Å². The van der Waals surface area contributed by atoms with Crippen molar-refractivity contribution in [1.29, 1.82) is 0 Å². The van der Waals surface area contributed by atoms with E-state index < -0.39 is 0 Å². The highest BCUT2D eigenvalue weighted by Gasteiger charge is 2.11. The quantitative estimate of drug-likeness (QED) is 0.395. The van der Waals surface area contributed by atoms with Gasteiger partial charge in [0, 0.05) is 49.5 Å². The number of benzene rings is 1. The van der Waals surface area contributed by atoms with Crippen LogP contribution in [0.15, 0.2) is 61.2 Å². The average Bonchev–Trinajstić information content (AvgIpc) is 2.84. The van der Waals surface area contributed by atoms with Crippen molar-refractivity contribution in [2.24, 2.45) is 0 Å². The molecule has 0 atom stereocenters. The van der Waals surface area contributed by atoms with Crippen LogP contribution in [0.5, 0.6) is 0 Å². The van der Waals surface area contributed by atoms with Gasteiger partial charge >= 0.3 is 0 Å². The predicted octanol–water partition coefficient (Wildman–Crippen LogP) is 3.53. The number of para-hydroxylation sites is 1. The molecule has 3 N–H and O–H groups in total. The van der Waals surface area contributed by atoms with Gasteiger partial charge in [0.25, 0.3) is 5.91 Å². The SMILES string of the molecule is CCNc1ccc(-c2cc(NCCc3cccc4c(C(=O)NC)ccnc34)ncn2)cn1. The van der Waals surface area contributed by atoms with E-state index in [9.17, 15) is 4.79 Å². The summed E-state index contributed by atoms with van der Waals surface area (Å²) >= 11 is 0. The number of carbonyl (C=O) groups excluding carboxylic acids is 1. The number of rotatable bonds is 8. The number of amides is 1. The van der Waals surface area contributed by atoms with Crippen molar-refractivity contribution in [3.8, 4) is 11.3 Å². The smallest absolute Gasteiger partial charge is 0.251 e. The highest BCUT2D eigenvalue weighted by Crippen LogP contribution is 2.22. The number of nitrogens with zero attached hydrogens (tertiary/aromatic N) is 4. The molecule has 0 spiro atoms. The second-order valence-corrected chi connectivity index (χ2v) is 7.18. The predicted molar refractivity (Wildman–Crippen MR) is 127 cm³/mol. The van der Waals surface area contributed by atoms with Gasteiger partial charge in [-0.2, -0.15) is 0 Å². The van der Waals surface area contributed by atoms with E-state index in [0.717, 1.165) is 52.3 Å². The maximum atomic E-state index is 12.2. The Bertz CT molecular complexity index is 1220. The number of anilines is 2. The molecule has 0 saturated carbocycles. The molecule has 1 aromatic carbocycles. The first-order valence-corrected chi connectivity index (χ1v) is 10.5. The lowest BCUT2D eigenvalue weighted by molar-refractivity contribution is 0.0964. The molecule has 0 unspecified atom stereocenters. The molecular weight excluding hydrogens is 402 g/mol. The monoisotopic (exact) mass is 427 g/mol. The molecule has 0 fully saturated rings. The van der Waals surface area contributed by atoms with Gasteiger partial charge in [-0.15, -0.1) is 0 Å². The first kappa shape index (κ1) is 21.2. The molecular formula is C24H25N7O. The van der Waals surface area contributed by atoms with Gasteiger partial charge in [-0.05, 0) is 37.1 Å². The Morgan fingerprint density at radius 3 is 2.66 bits per heavy atom. The fraction of sp³-hybridized carbons (Fsp3) is 0.208. The molecule has 3 aromatic heterocycles. The van der Waals surface area contributed by atoms with E-state index in [1.165, 1.54) is 0 Å². The molecule has 4 rings (SSSR count). The zero-order valence-electron chi connectivity index (χ0n) is 18.1. The average molecular weight is 428 g/mol. The summed E-state index contributed by atoms with van der Waals surface area (Å²) in [5, 5.41) is 10.1. The lowest BCUT2D eigenvalue weighted by atomic mass is 10.0. The van der Waals surface area contributed by atoms with E-state index in [4.69, 9.17) is 0 Å². The minimum absolute atomic E-state index is 0.116. The molecule has 1 amide bonds. The van der Waals surface area contributed by atoms with Gasteiger partial charge in [0.15, 0.2) is 0 Å². The molecule has 162 valence electrons. The van der Waals surface area contributed by atoms with Gasteiger partial charge in [0.1, 0.15) is 18.0 Å². The van der Waals surface area contributed by atoms with Crippen LogP contribution in [0.3, 0.4) is 0 Å². The lowest BCUT2D eigenvalue weighted by Gasteiger charge is -2.10. The van der Waals surface area contributed by atoms with E-state index in [1.54, 1.807) is 31.8 Å². The Morgan fingerprint density at radius 2 is 1.88 bits per heavy atom. The van der Waals surface area contributed by atoms with Crippen molar-refractivity contribution in [3.05, 3.63) is 72.3 Å². The minimum Gasteiger partial charge on any atom is -0.370 e. The lowest BCUT2D eigenvalue weighted by Crippen LogP contribution is -2.18. The van der Waals surface area contributed by atoms with Crippen molar-refractivity contribution in [2.45, 2.75) is 13.3 Å². The summed E-state index contributed by atoms with van der Waals surface area (Å²) in [7, 11) is 1.63. The van der Waals surface area contributed by atoms with Crippen LogP contribution in [0.4, 0.5) is 11.6 Å². The van der Waals surface area contributed by atoms with Crippen molar-refractivity contribution >= 4 is 28.4 Å². The van der Waals surface area contributed by atoms with Crippen molar-refractivity contribution < 1.29 is 4.79 Å². The van der Waals surface area contributed by atoms with E-state index in [1.807, 2.05) is 43.3 Å². The van der Waals surface area contributed by atoms with Gasteiger partial charge in [-0.1, -0.05) is 18.2 Å². The van der Waals surface area contributed by atoms with Crippen LogP contribution in [0.2, 0.25) is 0 Å². The van der Waals surface area contributed by atoms with Crippen molar-refractivity contribution in [1.82, 2.24) is 25.3 Å². The third-order valence-electron chi connectivity index (χ3n) is 5.11. The normalized spacial score (nSPS) is 10.7. The van der Waals surface area contributed by atoms with Crippen LogP contribution in [-0.4, -0.2) is 46.0 Å². The summed E-state index contributed by atoms with van der Waals surface area (Å²) < 4.78 is 0. The second-order valence-electron chi connectivity index (χ2n) is 7.18. The summed E-state index contributed by atoms with van der Waals surface area (Å²) in [6, 6.07) is 13.5. The fourth-order valence-corrected chi connectivity index (χ4v) is 3.54. The van der Waals surface area contributed by atoms with Crippen LogP contribution < -0.4 is 16.0 Å². The number of nitrogens with one attached hydrogen (secondary N) is 3. The molecule has 32 heavy (non-hydrogen) atoms. The summed E-state index contributed by atoms with van der Waals surface area (Å²) in [6.07, 6.45) is 5.76. The summed E-state index contributed by atoms with van der Waals surface area (Å²) in [4.78, 5) is 29.8. The van der Waals surface area contributed by atoms with E-state index in [-0.39, 0.29) is 5.91 Å². The minimum atomic E-state index is -0.116. The molecule has 3 heterocycles. The van der Waals surface area contributed by atoms with Gasteiger partial charge in [-0.3, -0.25) is 9.78 Å². The van der Waals surface area contributed by atoms with E-state index in [2.05, 4.69) is 35.9 Å². The number of pyridine rings is 2. The third-order valence-corrected chi connectivity index (χ3v) is 5.11. The Morgan fingerprint density at radius 1 is 0.969 bits per heavy atom. The van der Waals surface area contributed by atoms with Gasteiger partial charge in [-0.25, -0.2) is 15.0 Å². The fourth-order valence-electron chi connectivity index (χ4n) is 3.54. The highest BCUT2D eigenvalue weighted by molar-refractivity contribution is 6.06. The molecule has 0 saturated heterocycles. The zero-order chi connectivity index (χ0) is 22.3. The highest BCUT2D eigenvalue weighted by atomic mass is 16.1. The van der Waals surface area contributed by atoms with Gasteiger partial charge in [0.2, 0.25) is 0 Å². The topological polar surface area (TPSA) is 105 Å². The Hall–Kier alpha value is -4.07. The van der Waals surface area contributed by atoms with Gasteiger partial charge < -0.3 is 16.0 Å². The Balaban J connectivity index is 1.47. The first-order chi connectivity index (χ1) is 15.7. The molecule has 0 radical (unpaired) electrons. The Labute approximate surface area is 186 Å². The number of hydrogen-bond donors (Lipinski definition) is 3. The van der Waals surface area contributed by atoms with Crippen molar-refractivity contribution in [3.63, 3.8) is 0 Å². The maximum Gasteiger partial charge on any atom is 0.251 e. The second kappa shape index (κ2) is 9.82. The Kier molecular flexibility index (Phi) is 6.50. The largest absolute Gasteiger partial charge is 0.370 e. The molecule has 8 nitrogen and oxygen atoms in total. The van der Waals surface area contributed by atoms with E-state index in [0.29, 0.717) is 12.1 Å². The molecule has 4 aromatic rings. The summed E-state index contributed by atoms with van der Waals surface area (Å²) in [5.74, 6) is 1.46. The first-order valence-electron chi connectivity index (χ1n) is 10.5. The van der Waals surface area contributed by atoms with Crippen molar-refractivity contribution in [2.75, 3.05) is 30.8 Å². The molecule has 0 aliphatic rings.